The van der Waals surface area contributed by atoms with E-state index in [1.807, 2.05) is 27.9 Å². The summed E-state index contributed by atoms with van der Waals surface area (Å²) in [5.74, 6) is 0.0242. The van der Waals surface area contributed by atoms with E-state index in [0.717, 1.165) is 13.0 Å². The van der Waals surface area contributed by atoms with Gasteiger partial charge >= 0.3 is 0 Å². The van der Waals surface area contributed by atoms with Crippen LogP contribution >= 0.6 is 11.3 Å². The molecule has 1 aromatic rings. The molecule has 0 aromatic carbocycles. The maximum atomic E-state index is 11.9. The van der Waals surface area contributed by atoms with E-state index < -0.39 is 0 Å². The summed E-state index contributed by atoms with van der Waals surface area (Å²) in [7, 11) is 3.99. The molecule has 118 valence electrons. The zero-order chi connectivity index (χ0) is 15.8. The Kier molecular flexibility index (Phi) is 7.31. The third kappa shape index (κ3) is 7.19. The summed E-state index contributed by atoms with van der Waals surface area (Å²) in [4.78, 5) is 29.7. The normalized spacial score (nSPS) is 11.0. The highest BCUT2D eigenvalue weighted by molar-refractivity contribution is 7.14. The van der Waals surface area contributed by atoms with E-state index in [4.69, 9.17) is 0 Å². The van der Waals surface area contributed by atoms with Gasteiger partial charge in [-0.3, -0.25) is 9.59 Å². The van der Waals surface area contributed by atoms with Crippen LogP contribution in [0.3, 0.4) is 0 Å². The average Bonchev–Trinajstić information content (AvgIpc) is 2.81. The highest BCUT2D eigenvalue weighted by Crippen LogP contribution is 2.16. The molecule has 1 aromatic heterocycles. The van der Waals surface area contributed by atoms with Gasteiger partial charge in [0, 0.05) is 18.3 Å². The Morgan fingerprint density at radius 3 is 2.71 bits per heavy atom. The lowest BCUT2D eigenvalue weighted by Gasteiger charge is -2.09. The van der Waals surface area contributed by atoms with Crippen molar-refractivity contribution in [3.8, 4) is 0 Å². The average molecular weight is 312 g/mol. The lowest BCUT2D eigenvalue weighted by molar-refractivity contribution is -0.116. The van der Waals surface area contributed by atoms with Crippen molar-refractivity contribution in [2.45, 2.75) is 26.7 Å². The second kappa shape index (κ2) is 8.74. The Bertz CT molecular complexity index is 471. The van der Waals surface area contributed by atoms with Crippen LogP contribution in [0.4, 0.5) is 5.13 Å². The molecule has 0 spiro atoms. The van der Waals surface area contributed by atoms with Gasteiger partial charge in [-0.25, -0.2) is 4.98 Å². The molecule has 0 bridgehead atoms. The number of carbonyl (C=O) groups excluding carboxylic acids is 2. The van der Waals surface area contributed by atoms with Crippen molar-refractivity contribution in [2.75, 3.05) is 32.5 Å². The van der Waals surface area contributed by atoms with Crippen molar-refractivity contribution in [1.29, 1.82) is 0 Å². The molecule has 0 fully saturated rings. The van der Waals surface area contributed by atoms with E-state index in [0.29, 0.717) is 29.7 Å². The largest absolute Gasteiger partial charge is 0.351 e. The molecule has 0 aliphatic heterocycles. The van der Waals surface area contributed by atoms with Crippen molar-refractivity contribution in [1.82, 2.24) is 15.2 Å². The number of amides is 2. The lowest BCUT2D eigenvalue weighted by Crippen LogP contribution is -2.27. The van der Waals surface area contributed by atoms with Crippen LogP contribution in [0.5, 0.6) is 0 Å². The summed E-state index contributed by atoms with van der Waals surface area (Å²) in [5, 5.41) is 7.66. The molecule has 0 aliphatic rings. The summed E-state index contributed by atoms with van der Waals surface area (Å²) in [6.07, 6.45) is 1.34. The quantitative estimate of drug-likeness (QED) is 0.718. The van der Waals surface area contributed by atoms with Crippen LogP contribution in [0.25, 0.3) is 0 Å². The van der Waals surface area contributed by atoms with Crippen LogP contribution in [0, 0.1) is 5.92 Å². The summed E-state index contributed by atoms with van der Waals surface area (Å²) < 4.78 is 0. The van der Waals surface area contributed by atoms with Gasteiger partial charge in [-0.05, 0) is 33.0 Å². The van der Waals surface area contributed by atoms with Crippen LogP contribution < -0.4 is 10.6 Å². The van der Waals surface area contributed by atoms with Gasteiger partial charge in [0.1, 0.15) is 5.69 Å². The van der Waals surface area contributed by atoms with E-state index in [1.165, 1.54) is 11.3 Å². The highest BCUT2D eigenvalue weighted by atomic mass is 32.1. The molecule has 0 radical (unpaired) electrons. The third-order valence-corrected chi connectivity index (χ3v) is 3.40. The van der Waals surface area contributed by atoms with E-state index in [-0.39, 0.29) is 11.8 Å². The van der Waals surface area contributed by atoms with Crippen molar-refractivity contribution >= 4 is 28.3 Å². The number of thiazole rings is 1. The predicted molar refractivity (Wildman–Crippen MR) is 85.7 cm³/mol. The van der Waals surface area contributed by atoms with Crippen molar-refractivity contribution in [3.63, 3.8) is 0 Å². The van der Waals surface area contributed by atoms with Gasteiger partial charge in [-0.15, -0.1) is 11.3 Å². The zero-order valence-corrected chi connectivity index (χ0v) is 13.9. The van der Waals surface area contributed by atoms with Crippen LogP contribution in [0.1, 0.15) is 37.2 Å². The molecule has 6 nitrogen and oxygen atoms in total. The third-order valence-electron chi connectivity index (χ3n) is 2.64. The minimum atomic E-state index is -0.200. The van der Waals surface area contributed by atoms with Gasteiger partial charge in [0.05, 0.1) is 0 Å². The fourth-order valence-electron chi connectivity index (χ4n) is 1.66. The van der Waals surface area contributed by atoms with Crippen molar-refractivity contribution in [2.24, 2.45) is 5.92 Å². The first-order valence-electron chi connectivity index (χ1n) is 7.06. The minimum absolute atomic E-state index is 0.0720. The van der Waals surface area contributed by atoms with E-state index in [1.54, 1.807) is 5.38 Å². The molecule has 0 saturated heterocycles. The number of nitrogens with one attached hydrogen (secondary N) is 2. The first kappa shape index (κ1) is 17.6. The van der Waals surface area contributed by atoms with E-state index in [9.17, 15) is 9.59 Å². The monoisotopic (exact) mass is 312 g/mol. The molecule has 2 N–H and O–H groups in total. The predicted octanol–water partition coefficient (Wildman–Crippen LogP) is 1.81. The first-order valence-corrected chi connectivity index (χ1v) is 7.94. The molecule has 1 heterocycles. The van der Waals surface area contributed by atoms with Gasteiger partial charge in [-0.2, -0.15) is 0 Å². The number of nitrogens with zero attached hydrogens (tertiary/aromatic N) is 2. The van der Waals surface area contributed by atoms with E-state index in [2.05, 4.69) is 20.5 Å². The number of rotatable bonds is 8. The summed E-state index contributed by atoms with van der Waals surface area (Å²) >= 11 is 1.27. The molecule has 0 saturated carbocycles. The highest BCUT2D eigenvalue weighted by Gasteiger charge is 2.12. The molecule has 0 aliphatic carbocycles. The maximum Gasteiger partial charge on any atom is 0.270 e. The van der Waals surface area contributed by atoms with Crippen LogP contribution in [-0.2, 0) is 4.79 Å². The second-order valence-corrected chi connectivity index (χ2v) is 6.45. The standard InChI is InChI=1S/C14H24N4O2S/c1-10(2)8-12(19)17-14-16-11(9-21-14)13(20)15-6-5-7-18(3)4/h9-10H,5-8H2,1-4H3,(H,15,20)(H,16,17,19). The summed E-state index contributed by atoms with van der Waals surface area (Å²) in [6, 6.07) is 0. The Hall–Kier alpha value is -1.47. The molecule has 0 atom stereocenters. The zero-order valence-electron chi connectivity index (χ0n) is 13.1. The summed E-state index contributed by atoms with van der Waals surface area (Å²) in [5.41, 5.74) is 0.352. The molecule has 1 rings (SSSR count). The van der Waals surface area contributed by atoms with Crippen LogP contribution in [-0.4, -0.2) is 48.9 Å². The fraction of sp³-hybridized carbons (Fsp3) is 0.643. The SMILES string of the molecule is CC(C)CC(=O)Nc1nc(C(=O)NCCCN(C)C)cs1. The van der Waals surface area contributed by atoms with Gasteiger partial charge < -0.3 is 15.5 Å². The Balaban J connectivity index is 2.39. The van der Waals surface area contributed by atoms with Crippen LogP contribution in [0.15, 0.2) is 5.38 Å². The summed E-state index contributed by atoms with van der Waals surface area (Å²) in [6.45, 7) is 5.50. The van der Waals surface area contributed by atoms with Crippen LogP contribution in [0.2, 0.25) is 0 Å². The number of anilines is 1. The van der Waals surface area contributed by atoms with Gasteiger partial charge in [-0.1, -0.05) is 13.8 Å². The smallest absolute Gasteiger partial charge is 0.270 e. The number of hydrogen-bond donors (Lipinski definition) is 2. The number of aromatic nitrogens is 1. The minimum Gasteiger partial charge on any atom is -0.351 e. The lowest BCUT2D eigenvalue weighted by atomic mass is 10.1. The molecule has 0 unspecified atom stereocenters. The topological polar surface area (TPSA) is 74.3 Å². The fourth-order valence-corrected chi connectivity index (χ4v) is 2.37. The number of carbonyl (C=O) groups is 2. The number of hydrogen-bond acceptors (Lipinski definition) is 5. The Morgan fingerprint density at radius 1 is 1.38 bits per heavy atom. The second-order valence-electron chi connectivity index (χ2n) is 5.60. The molecular weight excluding hydrogens is 288 g/mol. The van der Waals surface area contributed by atoms with Gasteiger partial charge in [0.2, 0.25) is 5.91 Å². The molecule has 7 heteroatoms. The Labute approximate surface area is 129 Å². The van der Waals surface area contributed by atoms with Gasteiger partial charge in [0.15, 0.2) is 5.13 Å². The molecule has 2 amide bonds. The maximum absolute atomic E-state index is 11.9. The first-order chi connectivity index (χ1) is 9.88. The van der Waals surface area contributed by atoms with E-state index >= 15 is 0 Å². The van der Waals surface area contributed by atoms with Crippen molar-refractivity contribution in [3.05, 3.63) is 11.1 Å². The van der Waals surface area contributed by atoms with Crippen molar-refractivity contribution < 1.29 is 9.59 Å². The van der Waals surface area contributed by atoms with Gasteiger partial charge in [0.25, 0.3) is 5.91 Å². The molecule has 21 heavy (non-hydrogen) atoms. The Morgan fingerprint density at radius 2 is 2.10 bits per heavy atom. The molecular formula is C14H24N4O2S.